The third-order valence-electron chi connectivity index (χ3n) is 4.51. The molecule has 6 nitrogen and oxygen atoms in total. The van der Waals surface area contributed by atoms with Gasteiger partial charge in [0, 0.05) is 28.3 Å². The van der Waals surface area contributed by atoms with Gasteiger partial charge in [-0.15, -0.1) is 0 Å². The fraction of sp³-hybridized carbons (Fsp3) is 0. The van der Waals surface area contributed by atoms with Crippen molar-refractivity contribution in [3.05, 3.63) is 95.8 Å². The predicted octanol–water partition coefficient (Wildman–Crippen LogP) is 3.84. The molecule has 2 aromatic carbocycles. The number of carbonyl (C=O) groups is 2. The van der Waals surface area contributed by atoms with Gasteiger partial charge in [-0.1, -0.05) is 48.5 Å². The predicted molar refractivity (Wildman–Crippen MR) is 114 cm³/mol. The molecule has 0 aliphatic heterocycles. The Morgan fingerprint density at radius 1 is 0.966 bits per heavy atom. The molecule has 0 saturated carbocycles. The van der Waals surface area contributed by atoms with Crippen LogP contribution in [-0.2, 0) is 4.79 Å². The van der Waals surface area contributed by atoms with E-state index >= 15 is 0 Å². The topological polar surface area (TPSA) is 101 Å². The third-order valence-corrected chi connectivity index (χ3v) is 4.51. The summed E-state index contributed by atoms with van der Waals surface area (Å²) < 4.78 is 0. The molecule has 4 N–H and O–H groups in total. The molecule has 2 amide bonds. The zero-order chi connectivity index (χ0) is 20.2. The lowest BCUT2D eigenvalue weighted by molar-refractivity contribution is -0.112. The van der Waals surface area contributed by atoms with Crippen LogP contribution in [0.5, 0.6) is 0 Å². The minimum atomic E-state index is -0.521. The van der Waals surface area contributed by atoms with E-state index in [0.717, 1.165) is 16.5 Å². The lowest BCUT2D eigenvalue weighted by Crippen LogP contribution is -2.12. The lowest BCUT2D eigenvalue weighted by Gasteiger charge is -2.06. The summed E-state index contributed by atoms with van der Waals surface area (Å²) in [6.07, 6.45) is 5.06. The Kier molecular flexibility index (Phi) is 4.90. The Hall–Kier alpha value is -4.19. The van der Waals surface area contributed by atoms with E-state index in [1.807, 2.05) is 42.5 Å². The van der Waals surface area contributed by atoms with Gasteiger partial charge >= 0.3 is 0 Å². The highest BCUT2D eigenvalue weighted by Crippen LogP contribution is 2.25. The Balaban J connectivity index is 1.70. The van der Waals surface area contributed by atoms with Crippen LogP contribution in [0.15, 0.2) is 79.1 Å². The van der Waals surface area contributed by atoms with Gasteiger partial charge in [0.15, 0.2) is 0 Å². The minimum Gasteiger partial charge on any atom is -0.366 e. The van der Waals surface area contributed by atoms with Crippen LogP contribution in [0.2, 0.25) is 0 Å². The van der Waals surface area contributed by atoms with E-state index in [1.165, 1.54) is 0 Å². The first-order valence-electron chi connectivity index (χ1n) is 9.02. The molecule has 0 unspecified atom stereocenters. The van der Waals surface area contributed by atoms with Gasteiger partial charge < -0.3 is 16.0 Å². The van der Waals surface area contributed by atoms with E-state index < -0.39 is 5.91 Å². The zero-order valence-electron chi connectivity index (χ0n) is 15.4. The van der Waals surface area contributed by atoms with Gasteiger partial charge in [-0.2, -0.15) is 0 Å². The number of hydrogen-bond acceptors (Lipinski definition) is 3. The van der Waals surface area contributed by atoms with E-state index in [-0.39, 0.29) is 5.91 Å². The summed E-state index contributed by atoms with van der Waals surface area (Å²) in [5.74, 6) is -0.742. The van der Waals surface area contributed by atoms with Crippen molar-refractivity contribution < 1.29 is 9.59 Å². The summed E-state index contributed by atoms with van der Waals surface area (Å²) in [6, 6.07) is 20.0. The second kappa shape index (κ2) is 7.82. The molecule has 0 saturated heterocycles. The highest BCUT2D eigenvalue weighted by molar-refractivity contribution is 6.24. The molecule has 6 heteroatoms. The summed E-state index contributed by atoms with van der Waals surface area (Å²) in [5, 5.41) is 3.62. The van der Waals surface area contributed by atoms with Crippen LogP contribution in [0, 0.1) is 0 Å². The maximum absolute atomic E-state index is 12.4. The summed E-state index contributed by atoms with van der Waals surface area (Å²) >= 11 is 0. The van der Waals surface area contributed by atoms with Gasteiger partial charge in [-0.25, -0.2) is 4.98 Å². The number of aromatic nitrogens is 2. The number of hydrogen-bond donors (Lipinski definition) is 3. The summed E-state index contributed by atoms with van der Waals surface area (Å²) in [4.78, 5) is 31.8. The molecule has 142 valence electrons. The number of fused-ring (bicyclic) bond motifs is 1. The molecule has 0 aliphatic rings. The summed E-state index contributed by atoms with van der Waals surface area (Å²) in [6.45, 7) is 0. The fourth-order valence-corrected chi connectivity index (χ4v) is 3.07. The third kappa shape index (κ3) is 3.91. The molecule has 0 fully saturated rings. The van der Waals surface area contributed by atoms with Crippen LogP contribution in [0.25, 0.3) is 22.7 Å². The monoisotopic (exact) mass is 382 g/mol. The molecular weight excluding hydrogens is 364 g/mol. The van der Waals surface area contributed by atoms with E-state index in [9.17, 15) is 9.59 Å². The Bertz CT molecular complexity index is 1210. The molecule has 0 radical (unpaired) electrons. The number of benzene rings is 2. The number of amides is 2. The Morgan fingerprint density at radius 2 is 1.62 bits per heavy atom. The number of nitrogens with one attached hydrogen (secondary N) is 2. The summed E-state index contributed by atoms with van der Waals surface area (Å²) in [7, 11) is 0. The van der Waals surface area contributed by atoms with E-state index in [2.05, 4.69) is 15.3 Å². The molecule has 0 atom stereocenters. The van der Waals surface area contributed by atoms with Crippen LogP contribution in [0.4, 0.5) is 5.69 Å². The van der Waals surface area contributed by atoms with Gasteiger partial charge in [0.1, 0.15) is 5.65 Å². The van der Waals surface area contributed by atoms with Crippen LogP contribution in [-0.4, -0.2) is 21.8 Å². The van der Waals surface area contributed by atoms with Gasteiger partial charge in [0.2, 0.25) is 5.91 Å². The van der Waals surface area contributed by atoms with E-state index in [0.29, 0.717) is 22.5 Å². The van der Waals surface area contributed by atoms with Gasteiger partial charge in [-0.3, -0.25) is 9.59 Å². The van der Waals surface area contributed by atoms with Crippen LogP contribution in [0.3, 0.4) is 0 Å². The van der Waals surface area contributed by atoms with Crippen molar-refractivity contribution in [3.8, 4) is 0 Å². The zero-order valence-corrected chi connectivity index (χ0v) is 15.4. The molecule has 29 heavy (non-hydrogen) atoms. The quantitative estimate of drug-likeness (QED) is 0.457. The van der Waals surface area contributed by atoms with Gasteiger partial charge in [-0.05, 0) is 29.8 Å². The van der Waals surface area contributed by atoms with Crippen molar-refractivity contribution in [2.45, 2.75) is 0 Å². The average molecular weight is 382 g/mol. The average Bonchev–Trinajstić information content (AvgIpc) is 3.15. The van der Waals surface area contributed by atoms with Gasteiger partial charge in [0.05, 0.1) is 11.9 Å². The van der Waals surface area contributed by atoms with Crippen molar-refractivity contribution in [3.63, 3.8) is 0 Å². The van der Waals surface area contributed by atoms with Crippen LogP contribution < -0.4 is 11.1 Å². The number of nitrogens with zero attached hydrogens (tertiary/aromatic N) is 1. The second-order valence-corrected chi connectivity index (χ2v) is 6.47. The van der Waals surface area contributed by atoms with Crippen molar-refractivity contribution in [2.75, 3.05) is 5.32 Å². The first kappa shape index (κ1) is 18.2. The fourth-order valence-electron chi connectivity index (χ4n) is 3.07. The number of rotatable bonds is 5. The number of pyridine rings is 1. The standard InChI is InChI=1S/C23H18N4O2/c24-21(28)19(15-7-3-1-4-8-15)11-17-13-25-22-20(17)12-18(14-26-22)27-23(29)16-9-5-2-6-10-16/h1-14H,(H2,24,28)(H,25,26)(H,27,29). The second-order valence-electron chi connectivity index (χ2n) is 6.47. The maximum atomic E-state index is 12.4. The van der Waals surface area contributed by atoms with Crippen molar-refractivity contribution >= 4 is 40.2 Å². The van der Waals surface area contributed by atoms with Crippen molar-refractivity contribution in [1.29, 1.82) is 0 Å². The van der Waals surface area contributed by atoms with Crippen LogP contribution >= 0.6 is 0 Å². The number of nitrogens with two attached hydrogens (primary N) is 1. The number of anilines is 1. The molecule has 0 aliphatic carbocycles. The molecule has 4 aromatic rings. The highest BCUT2D eigenvalue weighted by atomic mass is 16.2. The first-order chi connectivity index (χ1) is 14.1. The SMILES string of the molecule is NC(=O)C(=Cc1c[nH]c2ncc(NC(=O)c3ccccc3)cc12)c1ccccc1. The molecular formula is C23H18N4O2. The molecule has 0 bridgehead atoms. The largest absolute Gasteiger partial charge is 0.366 e. The number of H-pyrrole nitrogens is 1. The molecule has 2 heterocycles. The number of aromatic amines is 1. The smallest absolute Gasteiger partial charge is 0.255 e. The van der Waals surface area contributed by atoms with E-state index in [4.69, 9.17) is 5.73 Å². The van der Waals surface area contributed by atoms with Crippen molar-refractivity contribution in [1.82, 2.24) is 9.97 Å². The minimum absolute atomic E-state index is 0.221. The normalized spacial score (nSPS) is 11.4. The molecule has 2 aromatic heterocycles. The highest BCUT2D eigenvalue weighted by Gasteiger charge is 2.12. The number of primary amides is 1. The summed E-state index contributed by atoms with van der Waals surface area (Å²) in [5.41, 5.74) is 9.23. The van der Waals surface area contributed by atoms with Crippen molar-refractivity contribution in [2.24, 2.45) is 5.73 Å². The molecule has 0 spiro atoms. The first-order valence-corrected chi connectivity index (χ1v) is 9.02. The Morgan fingerprint density at radius 3 is 2.28 bits per heavy atom. The van der Waals surface area contributed by atoms with E-state index in [1.54, 1.807) is 42.7 Å². The lowest BCUT2D eigenvalue weighted by atomic mass is 10.0. The van der Waals surface area contributed by atoms with Crippen LogP contribution in [0.1, 0.15) is 21.5 Å². The van der Waals surface area contributed by atoms with Gasteiger partial charge in [0.25, 0.3) is 5.91 Å². The number of carbonyl (C=O) groups excluding carboxylic acids is 2. The molecule has 4 rings (SSSR count). The Labute approximate surface area is 167 Å². The maximum Gasteiger partial charge on any atom is 0.255 e.